The lowest BCUT2D eigenvalue weighted by Gasteiger charge is -2.10. The third kappa shape index (κ3) is 4.10. The van der Waals surface area contributed by atoms with Crippen LogP contribution >= 0.6 is 15.9 Å². The Morgan fingerprint density at radius 3 is 2.41 bits per heavy atom. The number of para-hydroxylation sites is 1. The molecule has 3 aromatic carbocycles. The van der Waals surface area contributed by atoms with E-state index >= 15 is 0 Å². The van der Waals surface area contributed by atoms with Gasteiger partial charge in [0, 0.05) is 21.0 Å². The molecule has 0 aliphatic carbocycles. The van der Waals surface area contributed by atoms with Gasteiger partial charge in [-0.05, 0) is 43.3 Å². The van der Waals surface area contributed by atoms with E-state index in [0.717, 1.165) is 10.0 Å². The highest BCUT2D eigenvalue weighted by Crippen LogP contribution is 2.27. The zero-order valence-electron chi connectivity index (χ0n) is 15.6. The molecule has 0 aliphatic rings. The molecule has 0 saturated heterocycles. The standard InChI is InChI=1S/C24H16BrNO3/c1-15(27)17-5-4-6-19(13-17)29-24(28)21-14-23(16-9-11-18(25)12-10-16)26-22-8-3-2-7-20(21)22/h2-14H,1H3. The number of hydrogen-bond acceptors (Lipinski definition) is 4. The predicted molar refractivity (Wildman–Crippen MR) is 116 cm³/mol. The lowest BCUT2D eigenvalue weighted by molar-refractivity contribution is 0.0735. The minimum Gasteiger partial charge on any atom is -0.423 e. The number of ketones is 1. The third-order valence-corrected chi connectivity index (χ3v) is 5.06. The largest absolute Gasteiger partial charge is 0.423 e. The van der Waals surface area contributed by atoms with Crippen molar-refractivity contribution in [3.05, 3.63) is 94.5 Å². The van der Waals surface area contributed by atoms with E-state index in [4.69, 9.17) is 9.72 Å². The molecule has 0 radical (unpaired) electrons. The molecule has 5 heteroatoms. The number of ether oxygens (including phenoxy) is 1. The van der Waals surface area contributed by atoms with E-state index in [1.54, 1.807) is 30.3 Å². The summed E-state index contributed by atoms with van der Waals surface area (Å²) in [6.07, 6.45) is 0. The zero-order valence-corrected chi connectivity index (χ0v) is 17.1. The average Bonchev–Trinajstić information content (AvgIpc) is 2.73. The molecule has 4 rings (SSSR count). The normalized spacial score (nSPS) is 10.7. The Balaban J connectivity index is 1.77. The number of rotatable bonds is 4. The molecular formula is C24H16BrNO3. The molecule has 4 nitrogen and oxygen atoms in total. The van der Waals surface area contributed by atoms with E-state index in [1.165, 1.54) is 6.92 Å². The minimum atomic E-state index is -0.498. The van der Waals surface area contributed by atoms with Gasteiger partial charge in [0.25, 0.3) is 0 Å². The van der Waals surface area contributed by atoms with Gasteiger partial charge in [-0.25, -0.2) is 9.78 Å². The van der Waals surface area contributed by atoms with Crippen LogP contribution in [0, 0.1) is 0 Å². The van der Waals surface area contributed by atoms with E-state index in [2.05, 4.69) is 15.9 Å². The van der Waals surface area contributed by atoms with Crippen LogP contribution < -0.4 is 4.74 Å². The van der Waals surface area contributed by atoms with E-state index in [9.17, 15) is 9.59 Å². The molecule has 0 fully saturated rings. The van der Waals surface area contributed by atoms with Crippen molar-refractivity contribution in [2.24, 2.45) is 0 Å². The number of esters is 1. The van der Waals surface area contributed by atoms with Gasteiger partial charge in [0.2, 0.25) is 0 Å². The maximum absolute atomic E-state index is 13.0. The molecule has 1 aromatic heterocycles. The molecule has 0 bridgehead atoms. The molecule has 0 atom stereocenters. The molecule has 0 amide bonds. The molecular weight excluding hydrogens is 430 g/mol. The van der Waals surface area contributed by atoms with Crippen LogP contribution in [0.5, 0.6) is 5.75 Å². The highest BCUT2D eigenvalue weighted by molar-refractivity contribution is 9.10. The van der Waals surface area contributed by atoms with Crippen molar-refractivity contribution in [3.8, 4) is 17.0 Å². The smallest absolute Gasteiger partial charge is 0.344 e. The van der Waals surface area contributed by atoms with E-state index in [0.29, 0.717) is 33.5 Å². The van der Waals surface area contributed by atoms with Crippen LogP contribution in [-0.2, 0) is 0 Å². The van der Waals surface area contributed by atoms with E-state index < -0.39 is 5.97 Å². The lowest BCUT2D eigenvalue weighted by Crippen LogP contribution is -2.10. The second kappa shape index (κ2) is 7.97. The summed E-state index contributed by atoms with van der Waals surface area (Å²) < 4.78 is 6.55. The summed E-state index contributed by atoms with van der Waals surface area (Å²) in [5, 5.41) is 0.709. The monoisotopic (exact) mass is 445 g/mol. The van der Waals surface area contributed by atoms with Crippen LogP contribution in [0.3, 0.4) is 0 Å². The number of Topliss-reactive ketones (excluding diaryl/α,β-unsaturated/α-hetero) is 1. The van der Waals surface area contributed by atoms with Crippen LogP contribution in [0.1, 0.15) is 27.6 Å². The molecule has 0 saturated carbocycles. The Morgan fingerprint density at radius 2 is 1.66 bits per heavy atom. The van der Waals surface area contributed by atoms with Gasteiger partial charge in [0.05, 0.1) is 16.8 Å². The minimum absolute atomic E-state index is 0.0882. The molecule has 142 valence electrons. The van der Waals surface area contributed by atoms with Crippen molar-refractivity contribution < 1.29 is 14.3 Å². The number of fused-ring (bicyclic) bond motifs is 1. The van der Waals surface area contributed by atoms with Gasteiger partial charge in [0.15, 0.2) is 5.78 Å². The summed E-state index contributed by atoms with van der Waals surface area (Å²) in [5.41, 5.74) is 3.19. The molecule has 0 N–H and O–H groups in total. The van der Waals surface area contributed by atoms with E-state index in [1.807, 2.05) is 48.5 Å². The lowest BCUT2D eigenvalue weighted by atomic mass is 10.0. The predicted octanol–water partition coefficient (Wildman–Crippen LogP) is 6.09. The summed E-state index contributed by atoms with van der Waals surface area (Å²) in [7, 11) is 0. The van der Waals surface area contributed by atoms with Crippen LogP contribution in [0.2, 0.25) is 0 Å². The van der Waals surface area contributed by atoms with Gasteiger partial charge >= 0.3 is 5.97 Å². The number of benzene rings is 3. The summed E-state index contributed by atoms with van der Waals surface area (Å²) in [6, 6.07) is 23.5. The highest BCUT2D eigenvalue weighted by atomic mass is 79.9. The number of carbonyl (C=O) groups excluding carboxylic acids is 2. The Hall–Kier alpha value is -3.31. The number of pyridine rings is 1. The van der Waals surface area contributed by atoms with Gasteiger partial charge in [0.1, 0.15) is 5.75 Å². The van der Waals surface area contributed by atoms with Gasteiger partial charge < -0.3 is 4.74 Å². The Bertz CT molecular complexity index is 1230. The topological polar surface area (TPSA) is 56.3 Å². The van der Waals surface area contributed by atoms with Crippen molar-refractivity contribution in [3.63, 3.8) is 0 Å². The summed E-state index contributed by atoms with van der Waals surface area (Å²) in [4.78, 5) is 29.3. The maximum Gasteiger partial charge on any atom is 0.344 e. The second-order valence-corrected chi connectivity index (χ2v) is 7.47. The molecule has 29 heavy (non-hydrogen) atoms. The number of aromatic nitrogens is 1. The fourth-order valence-electron chi connectivity index (χ4n) is 3.05. The van der Waals surface area contributed by atoms with Crippen LogP contribution in [0.15, 0.2) is 83.3 Å². The van der Waals surface area contributed by atoms with Crippen molar-refractivity contribution in [1.82, 2.24) is 4.98 Å². The fraction of sp³-hybridized carbons (Fsp3) is 0.0417. The number of halogens is 1. The van der Waals surface area contributed by atoms with Crippen LogP contribution in [-0.4, -0.2) is 16.7 Å². The first-order valence-electron chi connectivity index (χ1n) is 9.00. The van der Waals surface area contributed by atoms with E-state index in [-0.39, 0.29) is 5.78 Å². The van der Waals surface area contributed by atoms with Crippen molar-refractivity contribution in [2.75, 3.05) is 0 Å². The summed E-state index contributed by atoms with van der Waals surface area (Å²) in [5.74, 6) is -0.258. The summed E-state index contributed by atoms with van der Waals surface area (Å²) in [6.45, 7) is 1.47. The molecule has 0 spiro atoms. The van der Waals surface area contributed by atoms with Crippen molar-refractivity contribution >= 4 is 38.6 Å². The SMILES string of the molecule is CC(=O)c1cccc(OC(=O)c2cc(-c3ccc(Br)cc3)nc3ccccc23)c1. The van der Waals surface area contributed by atoms with Gasteiger partial charge in [-0.2, -0.15) is 0 Å². The van der Waals surface area contributed by atoms with Crippen molar-refractivity contribution in [2.45, 2.75) is 6.92 Å². The van der Waals surface area contributed by atoms with Crippen LogP contribution in [0.25, 0.3) is 22.2 Å². The Morgan fingerprint density at radius 1 is 0.897 bits per heavy atom. The molecule has 0 unspecified atom stereocenters. The summed E-state index contributed by atoms with van der Waals surface area (Å²) >= 11 is 3.43. The second-order valence-electron chi connectivity index (χ2n) is 6.55. The third-order valence-electron chi connectivity index (χ3n) is 4.53. The number of nitrogens with zero attached hydrogens (tertiary/aromatic N) is 1. The van der Waals surface area contributed by atoms with Gasteiger partial charge in [-0.1, -0.05) is 58.4 Å². The fourth-order valence-corrected chi connectivity index (χ4v) is 3.32. The first-order valence-corrected chi connectivity index (χ1v) is 9.79. The Labute approximate surface area is 176 Å². The van der Waals surface area contributed by atoms with Gasteiger partial charge in [-0.3, -0.25) is 4.79 Å². The molecule has 1 heterocycles. The molecule has 0 aliphatic heterocycles. The maximum atomic E-state index is 13.0. The highest BCUT2D eigenvalue weighted by Gasteiger charge is 2.16. The molecule has 4 aromatic rings. The first kappa shape index (κ1) is 19.0. The van der Waals surface area contributed by atoms with Crippen molar-refractivity contribution in [1.29, 1.82) is 0 Å². The quantitative estimate of drug-likeness (QED) is 0.216. The first-order chi connectivity index (χ1) is 14.0. The zero-order chi connectivity index (χ0) is 20.4. The van der Waals surface area contributed by atoms with Gasteiger partial charge in [-0.15, -0.1) is 0 Å². The average molecular weight is 446 g/mol. The Kier molecular flexibility index (Phi) is 5.23. The van der Waals surface area contributed by atoms with Crippen LogP contribution in [0.4, 0.5) is 0 Å². The number of carbonyl (C=O) groups is 2. The number of hydrogen-bond donors (Lipinski definition) is 0.